The lowest BCUT2D eigenvalue weighted by molar-refractivity contribution is 0.203. The normalized spacial score (nSPS) is 36.3. The molecule has 3 unspecified atom stereocenters. The molecule has 2 heterocycles. The lowest BCUT2D eigenvalue weighted by Crippen LogP contribution is -2.45. The van der Waals surface area contributed by atoms with Gasteiger partial charge in [-0.05, 0) is 19.8 Å². The van der Waals surface area contributed by atoms with Crippen molar-refractivity contribution in [3.8, 4) is 0 Å². The van der Waals surface area contributed by atoms with Gasteiger partial charge in [-0.15, -0.1) is 11.8 Å². The summed E-state index contributed by atoms with van der Waals surface area (Å²) in [5.74, 6) is 5.12. The fourth-order valence-corrected chi connectivity index (χ4v) is 5.45. The quantitative estimate of drug-likeness (QED) is 0.906. The number of hydrogen-bond donors (Lipinski definition) is 1. The summed E-state index contributed by atoms with van der Waals surface area (Å²) in [6, 6.07) is 0.142. The van der Waals surface area contributed by atoms with Gasteiger partial charge in [-0.2, -0.15) is 16.7 Å². The second-order valence-corrected chi connectivity index (χ2v) is 8.12. The van der Waals surface area contributed by atoms with E-state index in [9.17, 15) is 0 Å². The van der Waals surface area contributed by atoms with Crippen molar-refractivity contribution in [3.63, 3.8) is 0 Å². The molecule has 3 rings (SSSR count). The standard InChI is InChI=1S/C13H21N3OS2/c1-13(5-3-2-4-10(13)14)12-15-11(16-17-12)9-8-18-6-7-19-9/h9-10H,2-8,14H2,1H3. The smallest absolute Gasteiger partial charge is 0.234 e. The van der Waals surface area contributed by atoms with Crippen LogP contribution in [0, 0.1) is 0 Å². The maximum atomic E-state index is 6.30. The molecule has 0 aromatic carbocycles. The number of thioether (sulfide) groups is 2. The van der Waals surface area contributed by atoms with Gasteiger partial charge in [0.1, 0.15) is 0 Å². The summed E-state index contributed by atoms with van der Waals surface area (Å²) >= 11 is 3.91. The van der Waals surface area contributed by atoms with Gasteiger partial charge in [0.05, 0.1) is 10.7 Å². The highest BCUT2D eigenvalue weighted by atomic mass is 32.2. The zero-order valence-corrected chi connectivity index (χ0v) is 12.9. The van der Waals surface area contributed by atoms with Crippen LogP contribution in [0.25, 0.3) is 0 Å². The lowest BCUT2D eigenvalue weighted by Gasteiger charge is -2.36. The first-order chi connectivity index (χ1) is 9.20. The van der Waals surface area contributed by atoms with Crippen molar-refractivity contribution in [1.29, 1.82) is 0 Å². The minimum absolute atomic E-state index is 0.129. The monoisotopic (exact) mass is 299 g/mol. The average Bonchev–Trinajstić information content (AvgIpc) is 2.94. The van der Waals surface area contributed by atoms with E-state index in [4.69, 9.17) is 10.3 Å². The largest absolute Gasteiger partial charge is 0.339 e. The Morgan fingerprint density at radius 2 is 2.26 bits per heavy atom. The molecule has 4 nitrogen and oxygen atoms in total. The molecule has 2 aliphatic rings. The lowest BCUT2D eigenvalue weighted by atomic mass is 9.72. The maximum absolute atomic E-state index is 6.30. The average molecular weight is 299 g/mol. The highest BCUT2D eigenvalue weighted by Gasteiger charge is 2.41. The molecule has 2 N–H and O–H groups in total. The van der Waals surface area contributed by atoms with Crippen molar-refractivity contribution >= 4 is 23.5 Å². The van der Waals surface area contributed by atoms with E-state index in [1.165, 1.54) is 24.3 Å². The molecule has 0 amide bonds. The molecule has 1 aliphatic heterocycles. The summed E-state index contributed by atoms with van der Waals surface area (Å²) in [5.41, 5.74) is 6.17. The van der Waals surface area contributed by atoms with Gasteiger partial charge in [0.2, 0.25) is 5.89 Å². The first-order valence-corrected chi connectivity index (χ1v) is 9.19. The Bertz CT molecular complexity index is 433. The number of rotatable bonds is 2. The van der Waals surface area contributed by atoms with E-state index in [1.54, 1.807) is 0 Å². The summed E-state index contributed by atoms with van der Waals surface area (Å²) in [6.07, 6.45) is 4.54. The van der Waals surface area contributed by atoms with Crippen molar-refractivity contribution in [3.05, 3.63) is 11.7 Å². The fourth-order valence-electron chi connectivity index (χ4n) is 2.86. The molecule has 106 valence electrons. The Morgan fingerprint density at radius 3 is 3.00 bits per heavy atom. The molecular formula is C13H21N3OS2. The van der Waals surface area contributed by atoms with Gasteiger partial charge in [0, 0.05) is 23.3 Å². The van der Waals surface area contributed by atoms with Crippen LogP contribution < -0.4 is 5.73 Å². The molecule has 0 radical (unpaired) electrons. The Kier molecular flexibility index (Phi) is 4.10. The molecule has 1 aromatic heterocycles. The molecule has 6 heteroatoms. The molecule has 0 spiro atoms. The summed E-state index contributed by atoms with van der Waals surface area (Å²) in [7, 11) is 0. The van der Waals surface area contributed by atoms with E-state index < -0.39 is 0 Å². The van der Waals surface area contributed by atoms with E-state index in [1.807, 2.05) is 23.5 Å². The highest BCUT2D eigenvalue weighted by Crippen LogP contribution is 2.40. The molecule has 3 atom stereocenters. The second-order valence-electron chi connectivity index (χ2n) is 5.66. The van der Waals surface area contributed by atoms with Gasteiger partial charge in [-0.25, -0.2) is 0 Å². The van der Waals surface area contributed by atoms with Crippen LogP contribution in [0.1, 0.15) is 49.6 Å². The summed E-state index contributed by atoms with van der Waals surface area (Å²) in [4.78, 5) is 4.69. The van der Waals surface area contributed by atoms with E-state index in [0.29, 0.717) is 5.25 Å². The van der Waals surface area contributed by atoms with E-state index in [-0.39, 0.29) is 11.5 Å². The third kappa shape index (κ3) is 2.67. The summed E-state index contributed by atoms with van der Waals surface area (Å²) in [5, 5.41) is 4.61. The van der Waals surface area contributed by atoms with Crippen molar-refractivity contribution in [2.75, 3.05) is 17.3 Å². The molecule has 0 bridgehead atoms. The topological polar surface area (TPSA) is 64.9 Å². The Hall–Kier alpha value is -0.200. The van der Waals surface area contributed by atoms with Crippen LogP contribution in [0.3, 0.4) is 0 Å². The number of nitrogens with zero attached hydrogens (tertiary/aromatic N) is 2. The van der Waals surface area contributed by atoms with E-state index in [0.717, 1.165) is 30.3 Å². The predicted octanol–water partition coefficient (Wildman–Crippen LogP) is 2.75. The van der Waals surface area contributed by atoms with E-state index in [2.05, 4.69) is 17.1 Å². The molecule has 19 heavy (non-hydrogen) atoms. The number of aromatic nitrogens is 2. The van der Waals surface area contributed by atoms with Crippen LogP contribution in [-0.2, 0) is 5.41 Å². The van der Waals surface area contributed by atoms with Gasteiger partial charge < -0.3 is 10.3 Å². The third-order valence-electron chi connectivity index (χ3n) is 4.31. The van der Waals surface area contributed by atoms with Gasteiger partial charge in [0.15, 0.2) is 5.82 Å². The zero-order valence-electron chi connectivity index (χ0n) is 11.3. The summed E-state index contributed by atoms with van der Waals surface area (Å²) < 4.78 is 5.57. The molecule has 1 saturated carbocycles. The fraction of sp³-hybridized carbons (Fsp3) is 0.846. The minimum atomic E-state index is -0.129. The Balaban J connectivity index is 1.79. The third-order valence-corrected chi connectivity index (χ3v) is 7.06. The van der Waals surface area contributed by atoms with Crippen LogP contribution in [-0.4, -0.2) is 33.4 Å². The van der Waals surface area contributed by atoms with Gasteiger partial charge in [-0.1, -0.05) is 18.0 Å². The summed E-state index contributed by atoms with van der Waals surface area (Å²) in [6.45, 7) is 2.18. The van der Waals surface area contributed by atoms with Crippen LogP contribution in [0.2, 0.25) is 0 Å². The van der Waals surface area contributed by atoms with Gasteiger partial charge >= 0.3 is 0 Å². The minimum Gasteiger partial charge on any atom is -0.339 e. The molecule has 1 aliphatic carbocycles. The SMILES string of the molecule is CC1(c2nc(C3CSCCS3)no2)CCCCC1N. The second kappa shape index (κ2) is 5.66. The zero-order chi connectivity index (χ0) is 13.3. The predicted molar refractivity (Wildman–Crippen MR) is 80.6 cm³/mol. The van der Waals surface area contributed by atoms with Crippen molar-refractivity contribution < 1.29 is 4.52 Å². The Morgan fingerprint density at radius 1 is 1.37 bits per heavy atom. The highest BCUT2D eigenvalue weighted by molar-refractivity contribution is 8.06. The molecule has 1 saturated heterocycles. The number of nitrogens with two attached hydrogens (primary N) is 1. The molecular weight excluding hydrogens is 278 g/mol. The molecule has 2 fully saturated rings. The van der Waals surface area contributed by atoms with Gasteiger partial charge in [-0.3, -0.25) is 0 Å². The van der Waals surface area contributed by atoms with Crippen molar-refractivity contribution in [2.45, 2.75) is 49.3 Å². The van der Waals surface area contributed by atoms with Crippen LogP contribution in [0.5, 0.6) is 0 Å². The van der Waals surface area contributed by atoms with Crippen molar-refractivity contribution in [2.24, 2.45) is 5.73 Å². The Labute approximate surface area is 122 Å². The van der Waals surface area contributed by atoms with Crippen molar-refractivity contribution in [1.82, 2.24) is 10.1 Å². The molecule has 1 aromatic rings. The first-order valence-electron chi connectivity index (χ1n) is 6.99. The van der Waals surface area contributed by atoms with Gasteiger partial charge in [0.25, 0.3) is 0 Å². The van der Waals surface area contributed by atoms with E-state index >= 15 is 0 Å². The maximum Gasteiger partial charge on any atom is 0.234 e. The van der Waals surface area contributed by atoms with Crippen LogP contribution in [0.4, 0.5) is 0 Å². The first kappa shape index (κ1) is 13.8. The van der Waals surface area contributed by atoms with Crippen LogP contribution in [0.15, 0.2) is 4.52 Å². The number of hydrogen-bond acceptors (Lipinski definition) is 6. The van der Waals surface area contributed by atoms with Crippen LogP contribution >= 0.6 is 23.5 Å².